The van der Waals surface area contributed by atoms with Crippen LogP contribution in [0.15, 0.2) is 54.6 Å². The topological polar surface area (TPSA) is 64.7 Å². The first-order chi connectivity index (χ1) is 14.1. The lowest BCUT2D eigenvalue weighted by Gasteiger charge is -2.10. The van der Waals surface area contributed by atoms with Gasteiger partial charge in [-0.05, 0) is 44.4 Å². The van der Waals surface area contributed by atoms with Gasteiger partial charge in [0.2, 0.25) is 5.91 Å². The summed E-state index contributed by atoms with van der Waals surface area (Å²) < 4.78 is 3.85. The van der Waals surface area contributed by atoms with Gasteiger partial charge in [0.25, 0.3) is 0 Å². The summed E-state index contributed by atoms with van der Waals surface area (Å²) in [5, 5.41) is 7.67. The Morgan fingerprint density at radius 2 is 1.79 bits per heavy atom. The molecule has 2 aromatic carbocycles. The Bertz CT molecular complexity index is 1160. The van der Waals surface area contributed by atoms with Gasteiger partial charge in [-0.3, -0.25) is 4.79 Å². The monoisotopic (exact) mass is 405 g/mol. The first kappa shape index (κ1) is 19.3. The minimum Gasteiger partial charge on any atom is -0.321 e. The van der Waals surface area contributed by atoms with Crippen LogP contribution in [0.25, 0.3) is 16.7 Å². The SMILES string of the molecule is CSCc1nc2ccccc2n1CC(=O)Nc1c(C)nn(-c2ccccc2)c1C. The van der Waals surface area contributed by atoms with Crippen LogP contribution in [0.5, 0.6) is 0 Å². The molecule has 0 radical (unpaired) electrons. The van der Waals surface area contributed by atoms with Crippen molar-refractivity contribution in [1.82, 2.24) is 19.3 Å². The number of aromatic nitrogens is 4. The number of benzene rings is 2. The molecule has 4 aromatic rings. The molecule has 148 valence electrons. The predicted octanol–water partition coefficient (Wildman–Crippen LogP) is 4.34. The molecule has 0 spiro atoms. The van der Waals surface area contributed by atoms with Crippen LogP contribution in [-0.4, -0.2) is 31.5 Å². The fourth-order valence-electron chi connectivity index (χ4n) is 3.51. The molecule has 0 atom stereocenters. The zero-order valence-electron chi connectivity index (χ0n) is 16.7. The second-order valence-electron chi connectivity index (χ2n) is 6.88. The molecule has 0 bridgehead atoms. The molecule has 0 aliphatic rings. The van der Waals surface area contributed by atoms with Crippen LogP contribution in [0, 0.1) is 13.8 Å². The number of hydrogen-bond acceptors (Lipinski definition) is 4. The van der Waals surface area contributed by atoms with E-state index in [1.165, 1.54) is 0 Å². The Balaban J connectivity index is 1.61. The first-order valence-corrected chi connectivity index (χ1v) is 10.8. The van der Waals surface area contributed by atoms with Crippen molar-refractivity contribution in [3.63, 3.8) is 0 Å². The van der Waals surface area contributed by atoms with Crippen LogP contribution >= 0.6 is 11.8 Å². The predicted molar refractivity (Wildman–Crippen MR) is 119 cm³/mol. The third kappa shape index (κ3) is 3.78. The second kappa shape index (κ2) is 8.13. The molecule has 1 amide bonds. The highest BCUT2D eigenvalue weighted by Gasteiger charge is 2.17. The molecule has 2 heterocycles. The molecule has 0 saturated carbocycles. The Morgan fingerprint density at radius 3 is 2.55 bits per heavy atom. The molecule has 2 aromatic heterocycles. The van der Waals surface area contributed by atoms with Gasteiger partial charge in [0.15, 0.2) is 0 Å². The van der Waals surface area contributed by atoms with Crippen LogP contribution in [0.1, 0.15) is 17.2 Å². The Morgan fingerprint density at radius 1 is 1.07 bits per heavy atom. The van der Waals surface area contributed by atoms with Gasteiger partial charge in [-0.15, -0.1) is 0 Å². The van der Waals surface area contributed by atoms with Crippen LogP contribution in [0.3, 0.4) is 0 Å². The van der Waals surface area contributed by atoms with Crippen LogP contribution in [-0.2, 0) is 17.1 Å². The summed E-state index contributed by atoms with van der Waals surface area (Å²) in [5.74, 6) is 1.57. The average molecular weight is 406 g/mol. The number of hydrogen-bond donors (Lipinski definition) is 1. The number of thioether (sulfide) groups is 1. The molecule has 29 heavy (non-hydrogen) atoms. The fraction of sp³-hybridized carbons (Fsp3) is 0.227. The number of para-hydroxylation sites is 3. The minimum absolute atomic E-state index is 0.0886. The van der Waals surface area contributed by atoms with Crippen molar-refractivity contribution < 1.29 is 4.79 Å². The van der Waals surface area contributed by atoms with Gasteiger partial charge in [-0.1, -0.05) is 30.3 Å². The maximum Gasteiger partial charge on any atom is 0.244 e. The lowest BCUT2D eigenvalue weighted by atomic mass is 10.3. The van der Waals surface area contributed by atoms with Crippen molar-refractivity contribution in [2.24, 2.45) is 0 Å². The van der Waals surface area contributed by atoms with Gasteiger partial charge in [0.05, 0.1) is 39.5 Å². The van der Waals surface area contributed by atoms with Crippen molar-refractivity contribution >= 4 is 34.4 Å². The van der Waals surface area contributed by atoms with Crippen molar-refractivity contribution in [2.45, 2.75) is 26.1 Å². The highest BCUT2D eigenvalue weighted by atomic mass is 32.2. The average Bonchev–Trinajstić information content (AvgIpc) is 3.21. The zero-order chi connectivity index (χ0) is 20.4. The van der Waals surface area contributed by atoms with E-state index in [1.807, 2.05) is 83.9 Å². The molecule has 1 N–H and O–H groups in total. The van der Waals surface area contributed by atoms with Crippen molar-refractivity contribution in [3.05, 3.63) is 71.8 Å². The Kier molecular flexibility index (Phi) is 5.40. The van der Waals surface area contributed by atoms with Crippen molar-refractivity contribution in [2.75, 3.05) is 11.6 Å². The quantitative estimate of drug-likeness (QED) is 0.518. The van der Waals surface area contributed by atoms with E-state index in [1.54, 1.807) is 11.8 Å². The van der Waals surface area contributed by atoms with Crippen LogP contribution < -0.4 is 5.32 Å². The minimum atomic E-state index is -0.0886. The van der Waals surface area contributed by atoms with Gasteiger partial charge in [0, 0.05) is 0 Å². The lowest BCUT2D eigenvalue weighted by molar-refractivity contribution is -0.116. The maximum absolute atomic E-state index is 12.9. The molecular weight excluding hydrogens is 382 g/mol. The molecular formula is C22H23N5OS. The number of imidazole rings is 1. The number of rotatable bonds is 6. The van der Waals surface area contributed by atoms with E-state index < -0.39 is 0 Å². The molecule has 6 nitrogen and oxygen atoms in total. The summed E-state index contributed by atoms with van der Waals surface area (Å²) in [6.07, 6.45) is 2.04. The first-order valence-electron chi connectivity index (χ1n) is 9.43. The fourth-order valence-corrected chi connectivity index (χ4v) is 3.99. The number of carbonyl (C=O) groups is 1. The number of fused-ring (bicyclic) bond motifs is 1. The van der Waals surface area contributed by atoms with E-state index in [0.717, 1.165) is 45.4 Å². The number of anilines is 1. The molecule has 4 rings (SSSR count). The van der Waals surface area contributed by atoms with E-state index in [9.17, 15) is 4.79 Å². The molecule has 0 aliphatic carbocycles. The number of nitrogens with zero attached hydrogens (tertiary/aromatic N) is 4. The smallest absolute Gasteiger partial charge is 0.244 e. The Labute approximate surface area is 173 Å². The Hall–Kier alpha value is -3.06. The maximum atomic E-state index is 12.9. The standard InChI is InChI=1S/C22H23N5OS/c1-15-22(16(2)27(25-15)17-9-5-4-6-10-17)24-21(28)13-26-19-12-8-7-11-18(19)23-20(26)14-29-3/h4-12H,13-14H2,1-3H3,(H,24,28). The van der Waals surface area contributed by atoms with Crippen LogP contribution in [0.2, 0.25) is 0 Å². The van der Waals surface area contributed by atoms with E-state index in [4.69, 9.17) is 0 Å². The van der Waals surface area contributed by atoms with E-state index in [0.29, 0.717) is 0 Å². The van der Waals surface area contributed by atoms with E-state index in [-0.39, 0.29) is 12.5 Å². The van der Waals surface area contributed by atoms with Gasteiger partial charge in [-0.25, -0.2) is 9.67 Å². The van der Waals surface area contributed by atoms with Gasteiger partial charge >= 0.3 is 0 Å². The number of amides is 1. The molecule has 0 fully saturated rings. The number of carbonyl (C=O) groups excluding carboxylic acids is 1. The third-order valence-electron chi connectivity index (χ3n) is 4.87. The molecule has 0 saturated heterocycles. The van der Waals surface area contributed by atoms with Gasteiger partial charge in [-0.2, -0.15) is 16.9 Å². The zero-order valence-corrected chi connectivity index (χ0v) is 17.5. The third-order valence-corrected chi connectivity index (χ3v) is 5.41. The second-order valence-corrected chi connectivity index (χ2v) is 7.74. The summed E-state index contributed by atoms with van der Waals surface area (Å²) in [4.78, 5) is 17.6. The van der Waals surface area contributed by atoms with Crippen LogP contribution in [0.4, 0.5) is 5.69 Å². The van der Waals surface area contributed by atoms with Gasteiger partial charge in [0.1, 0.15) is 12.4 Å². The highest BCUT2D eigenvalue weighted by Crippen LogP contribution is 2.24. The lowest BCUT2D eigenvalue weighted by Crippen LogP contribution is -2.20. The largest absolute Gasteiger partial charge is 0.321 e. The van der Waals surface area contributed by atoms with Crippen molar-refractivity contribution in [1.29, 1.82) is 0 Å². The number of aryl methyl sites for hydroxylation is 1. The summed E-state index contributed by atoms with van der Waals surface area (Å²) in [6.45, 7) is 4.09. The summed E-state index contributed by atoms with van der Waals surface area (Å²) in [7, 11) is 0. The van der Waals surface area contributed by atoms with E-state index >= 15 is 0 Å². The molecule has 7 heteroatoms. The molecule has 0 unspecified atom stereocenters. The summed E-state index contributed by atoms with van der Waals surface area (Å²) in [6, 6.07) is 17.8. The number of nitrogens with one attached hydrogen (secondary N) is 1. The highest BCUT2D eigenvalue weighted by molar-refractivity contribution is 7.97. The van der Waals surface area contributed by atoms with E-state index in [2.05, 4.69) is 15.4 Å². The normalized spacial score (nSPS) is 11.1. The summed E-state index contributed by atoms with van der Waals surface area (Å²) in [5.41, 5.74) is 5.31. The molecule has 0 aliphatic heterocycles. The van der Waals surface area contributed by atoms with Crippen molar-refractivity contribution in [3.8, 4) is 5.69 Å². The summed E-state index contributed by atoms with van der Waals surface area (Å²) >= 11 is 1.69. The van der Waals surface area contributed by atoms with Gasteiger partial charge < -0.3 is 9.88 Å².